The maximum absolute atomic E-state index is 2.60. The molecule has 0 aliphatic heterocycles. The average Bonchev–Trinajstić information content (AvgIpc) is 1.57. The van der Waals surface area contributed by atoms with Crippen LogP contribution in [-0.4, -0.2) is 8.80 Å². The fourth-order valence-electron chi connectivity index (χ4n) is 15.5. The van der Waals surface area contributed by atoms with Crippen LogP contribution < -0.4 is 0 Å². The normalized spacial score (nSPS) is 12.0. The van der Waals surface area contributed by atoms with Crippen LogP contribution in [-0.2, 0) is 0 Å². The van der Waals surface area contributed by atoms with Crippen molar-refractivity contribution in [3.63, 3.8) is 0 Å². The Morgan fingerprint density at radius 3 is 0.726 bits per heavy atom. The zero-order valence-corrected chi connectivity index (χ0v) is 47.3. The lowest BCUT2D eigenvalue weighted by Gasteiger charge is -2.25. The Hall–Kier alpha value is -10.5. The molecule has 0 unspecified atom stereocenters. The topological polar surface area (TPSA) is 8.82 Å². The van der Waals surface area contributed by atoms with Crippen LogP contribution in [0.1, 0.15) is 22.3 Å². The number of para-hydroxylation sites is 2. The molecular formula is C82H56N2. The van der Waals surface area contributed by atoms with Gasteiger partial charge in [0.2, 0.25) is 0 Å². The summed E-state index contributed by atoms with van der Waals surface area (Å²) >= 11 is 0. The van der Waals surface area contributed by atoms with Gasteiger partial charge in [-0.05, 0) is 175 Å². The van der Waals surface area contributed by atoms with Gasteiger partial charge in [-0.1, -0.05) is 231 Å². The Labute approximate surface area is 488 Å². The Bertz CT molecular complexity index is 4980. The average molecular weight is 1070 g/mol. The SMILES string of the molecule is Cc1c(-c2ccccc2)c(C)c(-c2ccccc2)c(-c2ccc3c(c2)c2c4c5ccccc5n5c6ccc(-c7c(-c8ccccc8)c(C)c(-c8ccccc8)c(C)c7-c7ccccc7)cc6c(c6c7ccccc7n3c62)c45)c1-c1ccccc1. The molecule has 17 rings (SSSR count). The molecule has 4 heterocycles. The highest BCUT2D eigenvalue weighted by Gasteiger charge is 2.32. The minimum atomic E-state index is 1.21. The van der Waals surface area contributed by atoms with Gasteiger partial charge in [0.05, 0.1) is 33.1 Å². The molecule has 0 atom stereocenters. The highest BCUT2D eigenvalue weighted by atomic mass is 14.9. The van der Waals surface area contributed by atoms with Gasteiger partial charge in [-0.25, -0.2) is 0 Å². The first-order valence-corrected chi connectivity index (χ1v) is 29.4. The fraction of sp³-hybridized carbons (Fsp3) is 0.0488. The number of aromatic nitrogens is 2. The lowest BCUT2D eigenvalue weighted by Crippen LogP contribution is -2.01. The van der Waals surface area contributed by atoms with Crippen LogP contribution in [0.4, 0.5) is 0 Å². The van der Waals surface area contributed by atoms with Crippen LogP contribution >= 0.6 is 0 Å². The summed E-state index contributed by atoms with van der Waals surface area (Å²) < 4.78 is 5.20. The van der Waals surface area contributed by atoms with Crippen molar-refractivity contribution in [3.05, 3.63) is 289 Å². The molecule has 0 N–H and O–H groups in total. The number of nitrogens with zero attached hydrogens (tertiary/aromatic N) is 2. The van der Waals surface area contributed by atoms with Crippen LogP contribution in [0.2, 0.25) is 0 Å². The van der Waals surface area contributed by atoms with E-state index in [1.54, 1.807) is 0 Å². The summed E-state index contributed by atoms with van der Waals surface area (Å²) in [5.41, 5.74) is 32.4. The Kier molecular flexibility index (Phi) is 10.6. The maximum atomic E-state index is 2.60. The second kappa shape index (κ2) is 18.5. The molecule has 84 heavy (non-hydrogen) atoms. The van der Waals surface area contributed by atoms with Gasteiger partial charge in [0.15, 0.2) is 0 Å². The second-order valence-electron chi connectivity index (χ2n) is 23.1. The smallest absolute Gasteiger partial charge is 0.0634 e. The summed E-state index contributed by atoms with van der Waals surface area (Å²) in [5.74, 6) is 0. The first kappa shape index (κ1) is 48.2. The third-order valence-electron chi connectivity index (χ3n) is 18.7. The zero-order chi connectivity index (χ0) is 55.9. The molecule has 17 aromatic rings. The molecule has 0 aliphatic rings. The predicted octanol–water partition coefficient (Wildman–Crippen LogP) is 22.6. The van der Waals surface area contributed by atoms with Crippen molar-refractivity contribution in [1.29, 1.82) is 0 Å². The van der Waals surface area contributed by atoms with Crippen molar-refractivity contribution in [1.82, 2.24) is 8.80 Å². The summed E-state index contributed by atoms with van der Waals surface area (Å²) in [5, 5.41) is 10.3. The number of hydrogen-bond acceptors (Lipinski definition) is 0. The molecule has 0 spiro atoms. The van der Waals surface area contributed by atoms with Gasteiger partial charge in [-0.2, -0.15) is 0 Å². The summed E-state index contributed by atoms with van der Waals surface area (Å²) in [6.45, 7) is 9.36. The van der Waals surface area contributed by atoms with Crippen LogP contribution in [0.25, 0.3) is 165 Å². The largest absolute Gasteiger partial charge is 0.308 e. The molecular weight excluding hydrogens is 1010 g/mol. The molecule has 0 aliphatic carbocycles. The van der Waals surface area contributed by atoms with Crippen molar-refractivity contribution in [2.45, 2.75) is 27.7 Å². The minimum absolute atomic E-state index is 1.21. The van der Waals surface area contributed by atoms with Gasteiger partial charge in [0.1, 0.15) is 0 Å². The lowest BCUT2D eigenvalue weighted by atomic mass is 9.78. The number of hydrogen-bond donors (Lipinski definition) is 0. The van der Waals surface area contributed by atoms with Crippen molar-refractivity contribution < 1.29 is 0 Å². The van der Waals surface area contributed by atoms with Crippen molar-refractivity contribution in [2.75, 3.05) is 0 Å². The first-order chi connectivity index (χ1) is 41.4. The summed E-state index contributed by atoms with van der Waals surface area (Å²) in [6.07, 6.45) is 0. The quantitative estimate of drug-likeness (QED) is 0.143. The molecule has 0 radical (unpaired) electrons. The molecule has 0 fully saturated rings. The highest BCUT2D eigenvalue weighted by molar-refractivity contribution is 6.45. The van der Waals surface area contributed by atoms with Gasteiger partial charge >= 0.3 is 0 Å². The molecule has 0 saturated carbocycles. The van der Waals surface area contributed by atoms with E-state index in [9.17, 15) is 0 Å². The first-order valence-electron chi connectivity index (χ1n) is 29.4. The monoisotopic (exact) mass is 1070 g/mol. The number of rotatable bonds is 8. The van der Waals surface area contributed by atoms with Crippen molar-refractivity contribution >= 4 is 76.2 Å². The van der Waals surface area contributed by atoms with E-state index in [1.807, 2.05) is 0 Å². The van der Waals surface area contributed by atoms with Crippen LogP contribution in [0.3, 0.4) is 0 Å². The zero-order valence-electron chi connectivity index (χ0n) is 47.3. The molecule has 13 aromatic carbocycles. The molecule has 394 valence electrons. The highest BCUT2D eigenvalue weighted by Crippen LogP contribution is 2.56. The van der Waals surface area contributed by atoms with E-state index in [2.05, 4.69) is 303 Å². The van der Waals surface area contributed by atoms with Gasteiger partial charge in [-0.15, -0.1) is 0 Å². The van der Waals surface area contributed by atoms with E-state index in [0.717, 1.165) is 0 Å². The number of benzene rings is 13. The van der Waals surface area contributed by atoms with E-state index < -0.39 is 0 Å². The predicted molar refractivity (Wildman–Crippen MR) is 358 cm³/mol. The molecule has 0 saturated heterocycles. The van der Waals surface area contributed by atoms with E-state index >= 15 is 0 Å². The van der Waals surface area contributed by atoms with Crippen LogP contribution in [0, 0.1) is 27.7 Å². The Morgan fingerprint density at radius 2 is 0.429 bits per heavy atom. The fourth-order valence-corrected chi connectivity index (χ4v) is 15.5. The van der Waals surface area contributed by atoms with Gasteiger partial charge in [-0.3, -0.25) is 0 Å². The molecule has 0 bridgehead atoms. The van der Waals surface area contributed by atoms with Gasteiger partial charge < -0.3 is 8.80 Å². The van der Waals surface area contributed by atoms with Crippen molar-refractivity contribution in [3.8, 4) is 89.0 Å². The number of fused-ring (bicyclic) bond motifs is 14. The second-order valence-corrected chi connectivity index (χ2v) is 23.1. The minimum Gasteiger partial charge on any atom is -0.308 e. The standard InChI is InChI=1S/C82H56N2/c1-49-69(53-27-11-5-12-28-53)50(2)72(56-33-17-8-18-34-56)75(71(49)55-31-15-7-16-32-55)59-43-45-67-63(47-59)79-77-61-39-23-26-42-66(61)84-68-46-44-60(48-64(68)80(82(77)84)78-62-40-24-25-41-65(62)83(67)81(78)79)76-73(57-35-19-9-20-36-57)51(3)70(54-29-13-6-14-30-54)52(4)74(76)58-37-21-10-22-38-58/h5-48H,1-4H3. The Morgan fingerprint density at radius 1 is 0.190 bits per heavy atom. The molecule has 4 aromatic heterocycles. The van der Waals surface area contributed by atoms with Crippen molar-refractivity contribution in [2.24, 2.45) is 0 Å². The van der Waals surface area contributed by atoms with Gasteiger partial charge in [0, 0.05) is 43.1 Å². The molecule has 2 nitrogen and oxygen atoms in total. The summed E-state index contributed by atoms with van der Waals surface area (Å²) in [7, 11) is 0. The Balaban J connectivity index is 1.02. The lowest BCUT2D eigenvalue weighted by molar-refractivity contribution is 1.36. The summed E-state index contributed by atoms with van der Waals surface area (Å²) in [6, 6.07) is 99.4. The van der Waals surface area contributed by atoms with E-state index in [0.29, 0.717) is 0 Å². The van der Waals surface area contributed by atoms with E-state index in [-0.39, 0.29) is 0 Å². The summed E-state index contributed by atoms with van der Waals surface area (Å²) in [4.78, 5) is 0. The molecule has 0 amide bonds. The third-order valence-corrected chi connectivity index (χ3v) is 18.7. The van der Waals surface area contributed by atoms with E-state index in [1.165, 1.54) is 187 Å². The molecule has 2 heteroatoms. The van der Waals surface area contributed by atoms with E-state index in [4.69, 9.17) is 0 Å². The maximum Gasteiger partial charge on any atom is 0.0634 e. The van der Waals surface area contributed by atoms with Gasteiger partial charge in [0.25, 0.3) is 0 Å². The third kappa shape index (κ3) is 6.74. The van der Waals surface area contributed by atoms with Crippen LogP contribution in [0.15, 0.2) is 267 Å². The van der Waals surface area contributed by atoms with Crippen LogP contribution in [0.5, 0.6) is 0 Å².